The summed E-state index contributed by atoms with van der Waals surface area (Å²) in [6.45, 7) is 0.163. The largest absolute Gasteiger partial charge is 0.391 e. The lowest BCUT2D eigenvalue weighted by molar-refractivity contribution is -0.387. The molecule has 1 N–H and O–H groups in total. The van der Waals surface area contributed by atoms with E-state index >= 15 is 0 Å². The molecule has 1 unspecified atom stereocenters. The highest BCUT2D eigenvalue weighted by atomic mass is 19.1. The van der Waals surface area contributed by atoms with E-state index in [-0.39, 0.29) is 18.6 Å². The summed E-state index contributed by atoms with van der Waals surface area (Å²) in [7, 11) is 1.46. The molecule has 0 aliphatic heterocycles. The van der Waals surface area contributed by atoms with Gasteiger partial charge in [0.1, 0.15) is 0 Å². The first-order valence-corrected chi connectivity index (χ1v) is 5.15. The van der Waals surface area contributed by atoms with Crippen LogP contribution in [0.1, 0.15) is 12.0 Å². The minimum atomic E-state index is -0.831. The molecule has 94 valence electrons. The normalized spacial score (nSPS) is 12.4. The lowest BCUT2D eigenvalue weighted by Gasteiger charge is -2.09. The van der Waals surface area contributed by atoms with E-state index in [1.165, 1.54) is 19.2 Å². The number of aryl methyl sites for hydroxylation is 1. The van der Waals surface area contributed by atoms with Crippen LogP contribution in [0.3, 0.4) is 0 Å². The molecule has 0 saturated carbocycles. The van der Waals surface area contributed by atoms with Crippen molar-refractivity contribution in [2.45, 2.75) is 18.9 Å². The van der Waals surface area contributed by atoms with Gasteiger partial charge in [0, 0.05) is 13.2 Å². The van der Waals surface area contributed by atoms with Crippen LogP contribution in [0.4, 0.5) is 10.1 Å². The summed E-state index contributed by atoms with van der Waals surface area (Å²) in [5.41, 5.74) is -0.307. The van der Waals surface area contributed by atoms with E-state index in [0.717, 1.165) is 6.07 Å². The molecule has 0 heterocycles. The van der Waals surface area contributed by atoms with Gasteiger partial charge in [-0.05, 0) is 18.4 Å². The third kappa shape index (κ3) is 3.76. The number of aliphatic hydroxyl groups excluding tert-OH is 1. The van der Waals surface area contributed by atoms with Gasteiger partial charge in [-0.15, -0.1) is 0 Å². The zero-order valence-electron chi connectivity index (χ0n) is 9.43. The van der Waals surface area contributed by atoms with Crippen LogP contribution in [0.2, 0.25) is 0 Å². The van der Waals surface area contributed by atoms with Gasteiger partial charge in [0.05, 0.1) is 17.6 Å². The lowest BCUT2D eigenvalue weighted by atomic mass is 10.1. The number of rotatable bonds is 6. The van der Waals surface area contributed by atoms with E-state index in [1.54, 1.807) is 0 Å². The Morgan fingerprint density at radius 2 is 2.29 bits per heavy atom. The summed E-state index contributed by atoms with van der Waals surface area (Å²) in [5, 5.41) is 19.9. The molecular weight excluding hydrogens is 229 g/mol. The molecule has 1 aromatic rings. The first-order chi connectivity index (χ1) is 8.06. The van der Waals surface area contributed by atoms with Crippen LogP contribution in [0.25, 0.3) is 0 Å². The van der Waals surface area contributed by atoms with E-state index in [0.29, 0.717) is 6.42 Å². The molecule has 0 fully saturated rings. The van der Waals surface area contributed by atoms with E-state index in [2.05, 4.69) is 0 Å². The molecule has 5 nitrogen and oxygen atoms in total. The maximum Gasteiger partial charge on any atom is 0.305 e. The molecule has 1 rings (SSSR count). The fraction of sp³-hybridized carbons (Fsp3) is 0.455. The average molecular weight is 243 g/mol. The molecule has 0 saturated heterocycles. The number of halogens is 1. The van der Waals surface area contributed by atoms with Crippen LogP contribution in [0, 0.1) is 15.9 Å². The Hall–Kier alpha value is -1.53. The minimum Gasteiger partial charge on any atom is -0.391 e. The first kappa shape index (κ1) is 13.5. The topological polar surface area (TPSA) is 72.6 Å². The molecular formula is C11H14FNO4. The van der Waals surface area contributed by atoms with Gasteiger partial charge in [-0.1, -0.05) is 12.1 Å². The average Bonchev–Trinajstić information content (AvgIpc) is 2.27. The van der Waals surface area contributed by atoms with Crippen molar-refractivity contribution in [2.75, 3.05) is 13.7 Å². The second-order valence-corrected chi connectivity index (χ2v) is 3.66. The number of nitrogens with zero attached hydrogens (tertiary/aromatic N) is 1. The third-order valence-electron chi connectivity index (χ3n) is 2.36. The number of nitro benzene ring substituents is 1. The molecule has 1 atom stereocenters. The monoisotopic (exact) mass is 243 g/mol. The maximum absolute atomic E-state index is 13.6. The number of hydrogen-bond donors (Lipinski definition) is 1. The Kier molecular flexibility index (Phi) is 4.99. The van der Waals surface area contributed by atoms with Crippen molar-refractivity contribution in [3.8, 4) is 0 Å². The zero-order valence-corrected chi connectivity index (χ0v) is 9.43. The highest BCUT2D eigenvalue weighted by Gasteiger charge is 2.17. The number of nitro groups is 1. The summed E-state index contributed by atoms with van der Waals surface area (Å²) < 4.78 is 18.3. The molecule has 6 heteroatoms. The lowest BCUT2D eigenvalue weighted by Crippen LogP contribution is -2.15. The number of aliphatic hydroxyl groups is 1. The number of methoxy groups -OCH3 is 1. The summed E-state index contributed by atoms with van der Waals surface area (Å²) in [5.74, 6) is -0.831. The van der Waals surface area contributed by atoms with Crippen molar-refractivity contribution in [3.05, 3.63) is 39.7 Å². The highest BCUT2D eigenvalue weighted by Crippen LogP contribution is 2.21. The Balaban J connectivity index is 2.72. The van der Waals surface area contributed by atoms with Crippen molar-refractivity contribution < 1.29 is 19.2 Å². The summed E-state index contributed by atoms with van der Waals surface area (Å²) in [6.07, 6.45) is -0.164. The third-order valence-corrected chi connectivity index (χ3v) is 2.36. The molecule has 0 aliphatic carbocycles. The van der Waals surface area contributed by atoms with Gasteiger partial charge in [-0.2, -0.15) is 4.39 Å². The molecule has 0 spiro atoms. The Morgan fingerprint density at radius 1 is 1.59 bits per heavy atom. The molecule has 0 aliphatic rings. The van der Waals surface area contributed by atoms with Crippen LogP contribution in [0.15, 0.2) is 18.2 Å². The molecule has 17 heavy (non-hydrogen) atoms. The predicted octanol–water partition coefficient (Wildman–Crippen LogP) is 1.67. The van der Waals surface area contributed by atoms with Crippen LogP contribution in [-0.4, -0.2) is 29.9 Å². The van der Waals surface area contributed by atoms with Crippen LogP contribution in [0.5, 0.6) is 0 Å². The van der Waals surface area contributed by atoms with Gasteiger partial charge in [0.25, 0.3) is 0 Å². The summed E-state index contributed by atoms with van der Waals surface area (Å²) >= 11 is 0. The standard InChI is InChI=1S/C11H14FNO4/c1-17-7-9(14)6-5-8-3-2-4-10(11(8)12)13(15)16/h2-4,9,14H,5-7H2,1H3. The quantitative estimate of drug-likeness (QED) is 0.609. The van der Waals surface area contributed by atoms with Gasteiger partial charge < -0.3 is 9.84 Å². The second kappa shape index (κ2) is 6.27. The van der Waals surface area contributed by atoms with Crippen molar-refractivity contribution in [2.24, 2.45) is 0 Å². The number of ether oxygens (including phenoxy) is 1. The first-order valence-electron chi connectivity index (χ1n) is 5.15. The Labute approximate surface area is 98.0 Å². The Bertz CT molecular complexity index is 397. The van der Waals surface area contributed by atoms with E-state index < -0.39 is 22.5 Å². The fourth-order valence-corrected chi connectivity index (χ4v) is 1.50. The Morgan fingerprint density at radius 3 is 2.88 bits per heavy atom. The highest BCUT2D eigenvalue weighted by molar-refractivity contribution is 5.36. The van der Waals surface area contributed by atoms with Crippen molar-refractivity contribution in [1.82, 2.24) is 0 Å². The van der Waals surface area contributed by atoms with Crippen LogP contribution < -0.4 is 0 Å². The zero-order chi connectivity index (χ0) is 12.8. The van der Waals surface area contributed by atoms with Gasteiger partial charge in [-0.25, -0.2) is 0 Å². The van der Waals surface area contributed by atoms with Crippen LogP contribution in [-0.2, 0) is 11.2 Å². The second-order valence-electron chi connectivity index (χ2n) is 3.66. The van der Waals surface area contributed by atoms with Crippen molar-refractivity contribution in [1.29, 1.82) is 0 Å². The SMILES string of the molecule is COCC(O)CCc1cccc([N+](=O)[O-])c1F. The van der Waals surface area contributed by atoms with Gasteiger partial charge in [-0.3, -0.25) is 10.1 Å². The minimum absolute atomic E-state index is 0.163. The smallest absolute Gasteiger partial charge is 0.305 e. The van der Waals surface area contributed by atoms with Gasteiger partial charge in [0.2, 0.25) is 5.82 Å². The van der Waals surface area contributed by atoms with Crippen molar-refractivity contribution in [3.63, 3.8) is 0 Å². The van der Waals surface area contributed by atoms with Crippen molar-refractivity contribution >= 4 is 5.69 Å². The number of benzene rings is 1. The summed E-state index contributed by atoms with van der Waals surface area (Å²) in [4.78, 5) is 9.75. The fourth-order valence-electron chi connectivity index (χ4n) is 1.50. The number of hydrogen-bond acceptors (Lipinski definition) is 4. The van der Waals surface area contributed by atoms with Gasteiger partial charge >= 0.3 is 5.69 Å². The molecule has 1 aromatic carbocycles. The van der Waals surface area contributed by atoms with Crippen LogP contribution >= 0.6 is 0 Å². The predicted molar refractivity (Wildman–Crippen MR) is 59.3 cm³/mol. The van der Waals surface area contributed by atoms with E-state index in [4.69, 9.17) is 4.74 Å². The molecule has 0 amide bonds. The van der Waals surface area contributed by atoms with E-state index in [1.807, 2.05) is 0 Å². The van der Waals surface area contributed by atoms with Gasteiger partial charge in [0.15, 0.2) is 0 Å². The molecule has 0 aromatic heterocycles. The summed E-state index contributed by atoms with van der Waals surface area (Å²) in [6, 6.07) is 4.02. The van der Waals surface area contributed by atoms with E-state index in [9.17, 15) is 19.6 Å². The molecule has 0 radical (unpaired) electrons. The molecule has 0 bridgehead atoms. The maximum atomic E-state index is 13.6.